The molecular formula is C12H20ClN3. The van der Waals surface area contributed by atoms with Gasteiger partial charge in [-0.15, -0.1) is 21.8 Å². The minimum absolute atomic E-state index is 0.466. The first kappa shape index (κ1) is 11.9. The fourth-order valence-electron chi connectivity index (χ4n) is 2.63. The van der Waals surface area contributed by atoms with Gasteiger partial charge in [-0.3, -0.25) is 0 Å². The number of hydrogen-bond acceptors (Lipinski definition) is 2. The van der Waals surface area contributed by atoms with Gasteiger partial charge in [0.1, 0.15) is 11.6 Å². The molecule has 1 aromatic heterocycles. The topological polar surface area (TPSA) is 30.7 Å². The zero-order chi connectivity index (χ0) is 11.4. The van der Waals surface area contributed by atoms with Crippen LogP contribution in [0.25, 0.3) is 0 Å². The molecule has 0 aromatic carbocycles. The smallest absolute Gasteiger partial charge is 0.147 e. The summed E-state index contributed by atoms with van der Waals surface area (Å²) in [5.74, 6) is 3.16. The van der Waals surface area contributed by atoms with Crippen LogP contribution in [0.15, 0.2) is 0 Å². The largest absolute Gasteiger partial charge is 0.314 e. The van der Waals surface area contributed by atoms with E-state index in [4.69, 9.17) is 11.6 Å². The number of halogens is 1. The second-order valence-corrected chi connectivity index (χ2v) is 4.81. The molecule has 0 saturated heterocycles. The van der Waals surface area contributed by atoms with E-state index in [9.17, 15) is 0 Å². The average Bonchev–Trinajstić information content (AvgIpc) is 2.54. The highest BCUT2D eigenvalue weighted by Crippen LogP contribution is 2.30. The maximum atomic E-state index is 5.87. The fourth-order valence-corrected chi connectivity index (χ4v) is 2.83. The molecular weight excluding hydrogens is 222 g/mol. The lowest BCUT2D eigenvalue weighted by Crippen LogP contribution is -2.10. The third-order valence-electron chi connectivity index (χ3n) is 3.51. The molecule has 0 unspecified atom stereocenters. The maximum absolute atomic E-state index is 5.87. The fraction of sp³-hybridized carbons (Fsp3) is 0.833. The number of nitrogens with zero attached hydrogens (tertiary/aromatic N) is 3. The van der Waals surface area contributed by atoms with Crippen molar-refractivity contribution in [2.75, 3.05) is 0 Å². The molecule has 0 aliphatic heterocycles. The molecule has 0 N–H and O–H groups in total. The van der Waals surface area contributed by atoms with Gasteiger partial charge in [-0.1, -0.05) is 25.7 Å². The zero-order valence-corrected chi connectivity index (χ0v) is 10.7. The first-order chi connectivity index (χ1) is 7.86. The molecule has 1 saturated carbocycles. The lowest BCUT2D eigenvalue weighted by Gasteiger charge is -2.14. The standard InChI is InChI=1S/C12H20ClN3/c1-2-16-11(9-13)14-15-12(16)10-7-5-3-4-6-8-10/h10H,2-9H2,1H3. The van der Waals surface area contributed by atoms with E-state index in [0.29, 0.717) is 11.8 Å². The van der Waals surface area contributed by atoms with Crippen molar-refractivity contribution in [1.82, 2.24) is 14.8 Å². The van der Waals surface area contributed by atoms with E-state index in [-0.39, 0.29) is 0 Å². The predicted octanol–water partition coefficient (Wildman–Crippen LogP) is 3.47. The summed E-state index contributed by atoms with van der Waals surface area (Å²) in [5, 5.41) is 8.54. The number of rotatable bonds is 3. The van der Waals surface area contributed by atoms with Crippen molar-refractivity contribution in [3.05, 3.63) is 11.6 Å². The summed E-state index contributed by atoms with van der Waals surface area (Å²) in [6.07, 6.45) is 7.94. The molecule has 0 atom stereocenters. The van der Waals surface area contributed by atoms with Crippen molar-refractivity contribution < 1.29 is 0 Å². The molecule has 16 heavy (non-hydrogen) atoms. The molecule has 90 valence electrons. The quantitative estimate of drug-likeness (QED) is 0.599. The summed E-state index contributed by atoms with van der Waals surface area (Å²) >= 11 is 5.87. The van der Waals surface area contributed by atoms with E-state index in [1.807, 2.05) is 0 Å². The third-order valence-corrected chi connectivity index (χ3v) is 3.75. The molecule has 0 radical (unpaired) electrons. The minimum Gasteiger partial charge on any atom is -0.314 e. The molecule has 1 aliphatic carbocycles. The van der Waals surface area contributed by atoms with Gasteiger partial charge in [-0.2, -0.15) is 0 Å². The third kappa shape index (κ3) is 2.40. The Morgan fingerprint density at radius 3 is 2.44 bits per heavy atom. The molecule has 0 bridgehead atoms. The normalized spacial score (nSPS) is 18.6. The van der Waals surface area contributed by atoms with Crippen molar-refractivity contribution >= 4 is 11.6 Å². The second-order valence-electron chi connectivity index (χ2n) is 4.54. The van der Waals surface area contributed by atoms with Gasteiger partial charge in [0.15, 0.2) is 0 Å². The summed E-state index contributed by atoms with van der Waals surface area (Å²) in [6.45, 7) is 3.07. The number of alkyl halides is 1. The molecule has 2 rings (SSSR count). The molecule has 1 fully saturated rings. The summed E-state index contributed by atoms with van der Waals surface area (Å²) < 4.78 is 2.20. The maximum Gasteiger partial charge on any atom is 0.147 e. The van der Waals surface area contributed by atoms with Gasteiger partial charge in [0, 0.05) is 12.5 Å². The highest BCUT2D eigenvalue weighted by molar-refractivity contribution is 6.16. The van der Waals surface area contributed by atoms with Gasteiger partial charge < -0.3 is 4.57 Å². The van der Waals surface area contributed by atoms with Gasteiger partial charge in [0.25, 0.3) is 0 Å². The zero-order valence-electron chi connectivity index (χ0n) is 9.95. The van der Waals surface area contributed by atoms with E-state index >= 15 is 0 Å². The van der Waals surface area contributed by atoms with Crippen LogP contribution in [0.1, 0.15) is 63.0 Å². The van der Waals surface area contributed by atoms with E-state index in [2.05, 4.69) is 21.7 Å². The van der Waals surface area contributed by atoms with Crippen molar-refractivity contribution in [2.24, 2.45) is 0 Å². The highest BCUT2D eigenvalue weighted by atomic mass is 35.5. The summed E-state index contributed by atoms with van der Waals surface area (Å²) in [4.78, 5) is 0. The monoisotopic (exact) mass is 241 g/mol. The van der Waals surface area contributed by atoms with Crippen molar-refractivity contribution in [2.45, 2.75) is 63.8 Å². The number of hydrogen-bond donors (Lipinski definition) is 0. The Bertz CT molecular complexity index is 327. The number of aromatic nitrogens is 3. The van der Waals surface area contributed by atoms with Crippen molar-refractivity contribution in [3.63, 3.8) is 0 Å². The van der Waals surface area contributed by atoms with Gasteiger partial charge in [0.05, 0.1) is 5.88 Å². The molecule has 0 amide bonds. The van der Waals surface area contributed by atoms with Crippen LogP contribution in [0.2, 0.25) is 0 Å². The molecule has 1 aliphatic rings. The summed E-state index contributed by atoms with van der Waals surface area (Å²) in [7, 11) is 0. The lowest BCUT2D eigenvalue weighted by atomic mass is 9.99. The van der Waals surface area contributed by atoms with Crippen molar-refractivity contribution in [1.29, 1.82) is 0 Å². The Morgan fingerprint density at radius 2 is 1.88 bits per heavy atom. The SMILES string of the molecule is CCn1c(CCl)nnc1C1CCCCCC1. The van der Waals surface area contributed by atoms with Crippen LogP contribution in [-0.4, -0.2) is 14.8 Å². The van der Waals surface area contributed by atoms with E-state index in [1.165, 1.54) is 44.3 Å². The molecule has 4 heteroatoms. The van der Waals surface area contributed by atoms with Crippen LogP contribution < -0.4 is 0 Å². The Hall–Kier alpha value is -0.570. The lowest BCUT2D eigenvalue weighted by molar-refractivity contribution is 0.523. The van der Waals surface area contributed by atoms with E-state index in [1.54, 1.807) is 0 Å². The molecule has 3 nitrogen and oxygen atoms in total. The van der Waals surface area contributed by atoms with Crippen molar-refractivity contribution in [3.8, 4) is 0 Å². The summed E-state index contributed by atoms with van der Waals surface area (Å²) in [5.41, 5.74) is 0. The Labute approximate surface area is 102 Å². The van der Waals surface area contributed by atoms with Crippen LogP contribution in [0.3, 0.4) is 0 Å². The van der Waals surface area contributed by atoms with Gasteiger partial charge >= 0.3 is 0 Å². The predicted molar refractivity (Wildman–Crippen MR) is 65.7 cm³/mol. The molecule has 0 spiro atoms. The van der Waals surface area contributed by atoms with E-state index < -0.39 is 0 Å². The van der Waals surface area contributed by atoms with Crippen LogP contribution in [-0.2, 0) is 12.4 Å². The van der Waals surface area contributed by atoms with Crippen LogP contribution in [0.5, 0.6) is 0 Å². The van der Waals surface area contributed by atoms with Gasteiger partial charge in [-0.05, 0) is 19.8 Å². The average molecular weight is 242 g/mol. The first-order valence-electron chi connectivity index (χ1n) is 6.34. The van der Waals surface area contributed by atoms with Crippen LogP contribution in [0, 0.1) is 0 Å². The van der Waals surface area contributed by atoms with E-state index in [0.717, 1.165) is 12.4 Å². The Kier molecular flexibility index (Phi) is 4.22. The second kappa shape index (κ2) is 5.67. The highest BCUT2D eigenvalue weighted by Gasteiger charge is 2.21. The van der Waals surface area contributed by atoms with Crippen LogP contribution >= 0.6 is 11.6 Å². The summed E-state index contributed by atoms with van der Waals surface area (Å²) in [6, 6.07) is 0. The van der Waals surface area contributed by atoms with Gasteiger partial charge in [0.2, 0.25) is 0 Å². The van der Waals surface area contributed by atoms with Crippen LogP contribution in [0.4, 0.5) is 0 Å². The first-order valence-corrected chi connectivity index (χ1v) is 6.88. The Balaban J connectivity index is 2.20. The molecule has 1 aromatic rings. The van der Waals surface area contributed by atoms with Gasteiger partial charge in [-0.25, -0.2) is 0 Å². The minimum atomic E-state index is 0.466. The molecule has 1 heterocycles. The Morgan fingerprint density at radius 1 is 1.19 bits per heavy atom.